The number of nitrogens with zero attached hydrogens (tertiary/aromatic N) is 2. The monoisotopic (exact) mass is 248 g/mol. The van der Waals surface area contributed by atoms with Crippen LogP contribution in [0.2, 0.25) is 0 Å². The quantitative estimate of drug-likeness (QED) is 0.873. The number of anilines is 2. The van der Waals surface area contributed by atoms with Gasteiger partial charge in [0.2, 0.25) is 0 Å². The average Bonchev–Trinajstić information content (AvgIpc) is 2.81. The summed E-state index contributed by atoms with van der Waals surface area (Å²) >= 11 is 1.66. The van der Waals surface area contributed by atoms with E-state index in [2.05, 4.69) is 22.2 Å². The van der Waals surface area contributed by atoms with Crippen LogP contribution >= 0.6 is 11.3 Å². The number of hydrogen-bond donors (Lipinski definition) is 2. The molecular formula is C12H16N4S. The van der Waals surface area contributed by atoms with Crippen LogP contribution in [0.4, 0.5) is 11.5 Å². The fourth-order valence-electron chi connectivity index (χ4n) is 1.66. The van der Waals surface area contributed by atoms with Gasteiger partial charge < -0.3 is 11.1 Å². The highest BCUT2D eigenvalue weighted by molar-refractivity contribution is 7.09. The molecule has 0 aromatic carbocycles. The van der Waals surface area contributed by atoms with Gasteiger partial charge in [-0.15, -0.1) is 11.3 Å². The molecule has 3 N–H and O–H groups in total. The summed E-state index contributed by atoms with van der Waals surface area (Å²) in [5.41, 5.74) is 7.43. The van der Waals surface area contributed by atoms with Crippen molar-refractivity contribution in [1.82, 2.24) is 9.97 Å². The van der Waals surface area contributed by atoms with Crippen LogP contribution in [0.15, 0.2) is 23.8 Å². The van der Waals surface area contributed by atoms with E-state index in [1.165, 1.54) is 0 Å². The summed E-state index contributed by atoms with van der Waals surface area (Å²) in [5.74, 6) is 0.876. The molecule has 0 radical (unpaired) electrons. The van der Waals surface area contributed by atoms with Gasteiger partial charge >= 0.3 is 0 Å². The van der Waals surface area contributed by atoms with Gasteiger partial charge in [0.1, 0.15) is 10.8 Å². The molecule has 1 unspecified atom stereocenters. The number of aromatic nitrogens is 2. The van der Waals surface area contributed by atoms with Crippen molar-refractivity contribution in [3.8, 4) is 0 Å². The summed E-state index contributed by atoms with van der Waals surface area (Å²) in [7, 11) is 0. The summed E-state index contributed by atoms with van der Waals surface area (Å²) in [6.07, 6.45) is 4.47. The fourth-order valence-corrected chi connectivity index (χ4v) is 2.43. The Balaban J connectivity index is 2.19. The second-order valence-corrected chi connectivity index (χ2v) is 4.84. The van der Waals surface area contributed by atoms with Crippen LogP contribution in [-0.2, 0) is 0 Å². The molecule has 2 aromatic heterocycles. The van der Waals surface area contributed by atoms with Crippen molar-refractivity contribution in [3.63, 3.8) is 0 Å². The highest BCUT2D eigenvalue weighted by atomic mass is 32.1. The molecule has 90 valence electrons. The van der Waals surface area contributed by atoms with Gasteiger partial charge in [0.25, 0.3) is 0 Å². The van der Waals surface area contributed by atoms with Gasteiger partial charge in [-0.25, -0.2) is 9.97 Å². The minimum atomic E-state index is 0.213. The van der Waals surface area contributed by atoms with E-state index in [4.69, 9.17) is 5.73 Å². The maximum absolute atomic E-state index is 5.68. The van der Waals surface area contributed by atoms with Gasteiger partial charge in [0.15, 0.2) is 0 Å². The molecule has 0 spiro atoms. The Morgan fingerprint density at radius 2 is 2.29 bits per heavy atom. The van der Waals surface area contributed by atoms with Crippen molar-refractivity contribution in [1.29, 1.82) is 0 Å². The molecule has 0 aliphatic rings. The summed E-state index contributed by atoms with van der Waals surface area (Å²) in [6, 6.07) is 2.13. The van der Waals surface area contributed by atoms with Crippen LogP contribution in [0, 0.1) is 6.92 Å². The first-order valence-corrected chi connectivity index (χ1v) is 6.46. The third-order valence-electron chi connectivity index (χ3n) is 2.57. The van der Waals surface area contributed by atoms with Gasteiger partial charge in [-0.05, 0) is 25.0 Å². The molecule has 0 fully saturated rings. The van der Waals surface area contributed by atoms with E-state index in [9.17, 15) is 0 Å². The molecule has 0 amide bonds. The molecule has 0 aliphatic heterocycles. The van der Waals surface area contributed by atoms with E-state index in [1.807, 2.05) is 24.6 Å². The third-order valence-corrected chi connectivity index (χ3v) is 3.46. The van der Waals surface area contributed by atoms with Crippen molar-refractivity contribution >= 4 is 22.8 Å². The Morgan fingerprint density at radius 1 is 1.47 bits per heavy atom. The molecule has 1 atom stereocenters. The van der Waals surface area contributed by atoms with E-state index in [0.717, 1.165) is 22.8 Å². The summed E-state index contributed by atoms with van der Waals surface area (Å²) in [6.45, 7) is 4.13. The second kappa shape index (κ2) is 5.14. The Morgan fingerprint density at radius 3 is 2.88 bits per heavy atom. The lowest BCUT2D eigenvalue weighted by Gasteiger charge is -2.16. The number of nitrogens with one attached hydrogen (secondary N) is 1. The topological polar surface area (TPSA) is 63.8 Å². The molecular weight excluding hydrogens is 232 g/mol. The standard InChI is InChI=1S/C12H16N4S/c1-3-10(12-14-4-5-17-12)16-11-8(2)6-9(13)7-15-11/h4-7,10H,3,13H2,1-2H3,(H,15,16). The van der Waals surface area contributed by atoms with Crippen molar-refractivity contribution in [3.05, 3.63) is 34.4 Å². The van der Waals surface area contributed by atoms with Crippen molar-refractivity contribution in [2.24, 2.45) is 0 Å². The highest BCUT2D eigenvalue weighted by Gasteiger charge is 2.13. The van der Waals surface area contributed by atoms with Crippen LogP contribution in [0.5, 0.6) is 0 Å². The van der Waals surface area contributed by atoms with E-state index in [1.54, 1.807) is 17.5 Å². The molecule has 2 rings (SSSR count). The number of thiazole rings is 1. The number of nitrogen functional groups attached to an aromatic ring is 1. The molecule has 0 aliphatic carbocycles. The van der Waals surface area contributed by atoms with Crippen LogP contribution in [0.25, 0.3) is 0 Å². The number of pyridine rings is 1. The molecule has 0 saturated heterocycles. The Hall–Kier alpha value is -1.62. The lowest BCUT2D eigenvalue weighted by Crippen LogP contribution is -2.11. The minimum absolute atomic E-state index is 0.213. The molecule has 2 heterocycles. The maximum Gasteiger partial charge on any atom is 0.129 e. The van der Waals surface area contributed by atoms with E-state index in [0.29, 0.717) is 5.69 Å². The number of rotatable bonds is 4. The lowest BCUT2D eigenvalue weighted by atomic mass is 10.2. The predicted molar refractivity (Wildman–Crippen MR) is 72.2 cm³/mol. The zero-order valence-corrected chi connectivity index (χ0v) is 10.8. The SMILES string of the molecule is CCC(Nc1ncc(N)cc1C)c1nccs1. The highest BCUT2D eigenvalue weighted by Crippen LogP contribution is 2.25. The molecule has 0 saturated carbocycles. The van der Waals surface area contributed by atoms with Gasteiger partial charge in [-0.1, -0.05) is 6.92 Å². The largest absolute Gasteiger partial charge is 0.397 e. The van der Waals surface area contributed by atoms with Crippen LogP contribution in [0.3, 0.4) is 0 Å². The number of aryl methyl sites for hydroxylation is 1. The van der Waals surface area contributed by atoms with E-state index in [-0.39, 0.29) is 6.04 Å². The van der Waals surface area contributed by atoms with Gasteiger partial charge in [-0.2, -0.15) is 0 Å². The predicted octanol–water partition coefficient (Wildman–Crippen LogP) is 2.99. The maximum atomic E-state index is 5.68. The zero-order chi connectivity index (χ0) is 12.3. The first-order chi connectivity index (χ1) is 8.20. The average molecular weight is 248 g/mol. The van der Waals surface area contributed by atoms with Gasteiger partial charge in [-0.3, -0.25) is 0 Å². The molecule has 2 aromatic rings. The first-order valence-electron chi connectivity index (χ1n) is 5.58. The molecule has 5 heteroatoms. The Bertz CT molecular complexity index is 481. The van der Waals surface area contributed by atoms with Gasteiger partial charge in [0, 0.05) is 11.6 Å². The lowest BCUT2D eigenvalue weighted by molar-refractivity contribution is 0.736. The summed E-state index contributed by atoms with van der Waals surface area (Å²) in [4.78, 5) is 8.65. The van der Waals surface area contributed by atoms with Crippen LogP contribution < -0.4 is 11.1 Å². The summed E-state index contributed by atoms with van der Waals surface area (Å²) in [5, 5.41) is 6.49. The summed E-state index contributed by atoms with van der Waals surface area (Å²) < 4.78 is 0. The van der Waals surface area contributed by atoms with Crippen LogP contribution in [-0.4, -0.2) is 9.97 Å². The number of nitrogens with two attached hydrogens (primary N) is 1. The Labute approximate surface area is 105 Å². The molecule has 4 nitrogen and oxygen atoms in total. The fraction of sp³-hybridized carbons (Fsp3) is 0.333. The van der Waals surface area contributed by atoms with E-state index >= 15 is 0 Å². The molecule has 0 bridgehead atoms. The van der Waals surface area contributed by atoms with Crippen molar-refractivity contribution in [2.45, 2.75) is 26.3 Å². The van der Waals surface area contributed by atoms with Crippen molar-refractivity contribution < 1.29 is 0 Å². The normalized spacial score (nSPS) is 12.4. The van der Waals surface area contributed by atoms with Crippen LogP contribution in [0.1, 0.15) is 30.0 Å². The number of hydrogen-bond acceptors (Lipinski definition) is 5. The van der Waals surface area contributed by atoms with Crippen molar-refractivity contribution in [2.75, 3.05) is 11.1 Å². The first kappa shape index (κ1) is 11.9. The van der Waals surface area contributed by atoms with Gasteiger partial charge in [0.05, 0.1) is 17.9 Å². The second-order valence-electron chi connectivity index (χ2n) is 3.91. The Kier molecular flexibility index (Phi) is 3.58. The molecule has 17 heavy (non-hydrogen) atoms. The third kappa shape index (κ3) is 2.74. The smallest absolute Gasteiger partial charge is 0.129 e. The minimum Gasteiger partial charge on any atom is -0.397 e. The van der Waals surface area contributed by atoms with E-state index < -0.39 is 0 Å². The zero-order valence-electron chi connectivity index (χ0n) is 9.97.